The quantitative estimate of drug-likeness (QED) is 0.749. The molecular formula is C13H25NO2. The van der Waals surface area contributed by atoms with E-state index < -0.39 is 0 Å². The first kappa shape index (κ1) is 12.3. The highest BCUT2D eigenvalue weighted by molar-refractivity contribution is 4.99. The Morgan fingerprint density at radius 1 is 1.19 bits per heavy atom. The minimum Gasteiger partial charge on any atom is -0.389 e. The number of piperidine rings is 1. The lowest BCUT2D eigenvalue weighted by Gasteiger charge is -2.50. The first-order valence-corrected chi connectivity index (χ1v) is 6.56. The number of ether oxygens (including phenoxy) is 1. The summed E-state index contributed by atoms with van der Waals surface area (Å²) in [7, 11) is 0. The van der Waals surface area contributed by atoms with Gasteiger partial charge in [-0.25, -0.2) is 0 Å². The zero-order valence-corrected chi connectivity index (χ0v) is 10.8. The highest BCUT2D eigenvalue weighted by atomic mass is 16.5. The first-order chi connectivity index (χ1) is 7.50. The van der Waals surface area contributed by atoms with E-state index in [1.807, 2.05) is 0 Å². The van der Waals surface area contributed by atoms with E-state index >= 15 is 0 Å². The average Bonchev–Trinajstić information content (AvgIpc) is 2.22. The molecule has 0 spiro atoms. The fourth-order valence-electron chi connectivity index (χ4n) is 3.33. The van der Waals surface area contributed by atoms with Crippen molar-refractivity contribution in [2.45, 2.75) is 58.4 Å². The second-order valence-corrected chi connectivity index (χ2v) is 6.04. The summed E-state index contributed by atoms with van der Waals surface area (Å²) in [5.41, 5.74) is 0. The smallest absolute Gasteiger partial charge is 0.0927 e. The number of hydrogen-bond acceptors (Lipinski definition) is 3. The van der Waals surface area contributed by atoms with Crippen LogP contribution in [0.3, 0.4) is 0 Å². The third kappa shape index (κ3) is 2.13. The molecule has 0 aromatic rings. The van der Waals surface area contributed by atoms with Gasteiger partial charge < -0.3 is 15.2 Å². The molecule has 0 aliphatic carbocycles. The Bertz CT molecular complexity index is 242. The summed E-state index contributed by atoms with van der Waals surface area (Å²) in [6.45, 7) is 9.55. The Balaban J connectivity index is 2.16. The van der Waals surface area contributed by atoms with Crippen LogP contribution in [-0.2, 0) is 4.74 Å². The van der Waals surface area contributed by atoms with Gasteiger partial charge >= 0.3 is 0 Å². The summed E-state index contributed by atoms with van der Waals surface area (Å²) >= 11 is 0. The zero-order chi connectivity index (χ0) is 11.9. The fourth-order valence-corrected chi connectivity index (χ4v) is 3.33. The van der Waals surface area contributed by atoms with E-state index in [0.29, 0.717) is 36.5 Å². The van der Waals surface area contributed by atoms with E-state index in [2.05, 4.69) is 33.0 Å². The Kier molecular flexibility index (Phi) is 3.57. The summed E-state index contributed by atoms with van der Waals surface area (Å²) in [5, 5.41) is 13.5. The molecule has 94 valence electrons. The molecule has 0 aromatic carbocycles. The van der Waals surface area contributed by atoms with Gasteiger partial charge in [-0.15, -0.1) is 0 Å². The van der Waals surface area contributed by atoms with Crippen LogP contribution in [0.25, 0.3) is 0 Å². The third-order valence-corrected chi connectivity index (χ3v) is 4.17. The van der Waals surface area contributed by atoms with Gasteiger partial charge in [0, 0.05) is 18.0 Å². The average molecular weight is 227 g/mol. The fraction of sp³-hybridized carbons (Fsp3) is 1.00. The standard InChI is InChI=1S/C13H25NO2/c1-7(2)12-11-5-9(10(15)6-16-11)14-13(12)8(3)4/h7-15H,5-6H2,1-4H3/t9?,10-,11+,12?,13?/m1/s1. The molecular weight excluding hydrogens is 202 g/mol. The van der Waals surface area contributed by atoms with Crippen molar-refractivity contribution >= 4 is 0 Å². The molecule has 2 aliphatic rings. The Hall–Kier alpha value is -0.120. The van der Waals surface area contributed by atoms with Crippen LogP contribution in [-0.4, -0.2) is 36.0 Å². The molecule has 0 radical (unpaired) electrons. The maximum atomic E-state index is 9.86. The number of fused-ring (bicyclic) bond motifs is 2. The largest absolute Gasteiger partial charge is 0.389 e. The van der Waals surface area contributed by atoms with Gasteiger partial charge in [0.1, 0.15) is 0 Å². The molecule has 2 saturated heterocycles. The van der Waals surface area contributed by atoms with Gasteiger partial charge in [-0.2, -0.15) is 0 Å². The Labute approximate surface area is 98.6 Å². The van der Waals surface area contributed by atoms with E-state index in [1.54, 1.807) is 0 Å². The number of rotatable bonds is 2. The highest BCUT2D eigenvalue weighted by Crippen LogP contribution is 2.36. The summed E-state index contributed by atoms with van der Waals surface area (Å²) < 4.78 is 5.83. The van der Waals surface area contributed by atoms with Crippen LogP contribution in [0.4, 0.5) is 0 Å². The maximum absolute atomic E-state index is 9.86. The molecule has 5 atom stereocenters. The lowest BCUT2D eigenvalue weighted by molar-refractivity contribution is -0.139. The van der Waals surface area contributed by atoms with Crippen LogP contribution < -0.4 is 5.32 Å². The molecule has 16 heavy (non-hydrogen) atoms. The number of nitrogens with one attached hydrogen (secondary N) is 1. The van der Waals surface area contributed by atoms with Crippen molar-refractivity contribution in [3.8, 4) is 0 Å². The molecule has 2 heterocycles. The lowest BCUT2D eigenvalue weighted by Crippen LogP contribution is -2.64. The SMILES string of the molecule is CC(C)C1NC2C[C@H](OC[C@H]2O)C1C(C)C. The molecule has 2 fully saturated rings. The highest BCUT2D eigenvalue weighted by Gasteiger charge is 2.45. The summed E-state index contributed by atoms with van der Waals surface area (Å²) in [4.78, 5) is 0. The van der Waals surface area contributed by atoms with Crippen LogP contribution in [0.5, 0.6) is 0 Å². The van der Waals surface area contributed by atoms with Gasteiger partial charge in [-0.1, -0.05) is 27.7 Å². The van der Waals surface area contributed by atoms with Crippen LogP contribution in [0.15, 0.2) is 0 Å². The van der Waals surface area contributed by atoms with Crippen LogP contribution >= 0.6 is 0 Å². The van der Waals surface area contributed by atoms with Crippen molar-refractivity contribution in [1.29, 1.82) is 0 Å². The van der Waals surface area contributed by atoms with Crippen molar-refractivity contribution in [2.75, 3.05) is 6.61 Å². The summed E-state index contributed by atoms with van der Waals surface area (Å²) in [6, 6.07) is 0.708. The maximum Gasteiger partial charge on any atom is 0.0927 e. The molecule has 3 unspecified atom stereocenters. The molecule has 3 heteroatoms. The summed E-state index contributed by atoms with van der Waals surface area (Å²) in [6.07, 6.45) is 0.973. The van der Waals surface area contributed by atoms with Crippen molar-refractivity contribution in [3.63, 3.8) is 0 Å². The van der Waals surface area contributed by atoms with Gasteiger partial charge in [-0.05, 0) is 18.3 Å². The molecule has 2 aliphatic heterocycles. The van der Waals surface area contributed by atoms with E-state index in [0.717, 1.165) is 6.42 Å². The predicted molar refractivity (Wildman–Crippen MR) is 64.2 cm³/mol. The Morgan fingerprint density at radius 2 is 1.88 bits per heavy atom. The van der Waals surface area contributed by atoms with Crippen LogP contribution in [0.2, 0.25) is 0 Å². The second-order valence-electron chi connectivity index (χ2n) is 6.04. The minimum absolute atomic E-state index is 0.237. The molecule has 0 saturated carbocycles. The number of aliphatic hydroxyl groups excluding tert-OH is 1. The monoisotopic (exact) mass is 227 g/mol. The van der Waals surface area contributed by atoms with Gasteiger partial charge in [0.25, 0.3) is 0 Å². The van der Waals surface area contributed by atoms with Crippen LogP contribution in [0, 0.1) is 17.8 Å². The van der Waals surface area contributed by atoms with E-state index in [-0.39, 0.29) is 12.1 Å². The molecule has 2 rings (SSSR count). The van der Waals surface area contributed by atoms with Crippen molar-refractivity contribution in [3.05, 3.63) is 0 Å². The molecule has 2 bridgehead atoms. The molecule has 0 aromatic heterocycles. The number of hydrogen-bond donors (Lipinski definition) is 2. The predicted octanol–water partition coefficient (Wildman–Crippen LogP) is 1.40. The van der Waals surface area contributed by atoms with Crippen LogP contribution in [0.1, 0.15) is 34.1 Å². The molecule has 2 N–H and O–H groups in total. The van der Waals surface area contributed by atoms with Gasteiger partial charge in [-0.3, -0.25) is 0 Å². The van der Waals surface area contributed by atoms with Gasteiger partial charge in [0.05, 0.1) is 18.8 Å². The molecule has 0 amide bonds. The lowest BCUT2D eigenvalue weighted by atomic mass is 9.72. The van der Waals surface area contributed by atoms with E-state index in [1.165, 1.54) is 0 Å². The van der Waals surface area contributed by atoms with Crippen molar-refractivity contribution < 1.29 is 9.84 Å². The van der Waals surface area contributed by atoms with Crippen molar-refractivity contribution in [1.82, 2.24) is 5.32 Å². The minimum atomic E-state index is -0.328. The van der Waals surface area contributed by atoms with E-state index in [9.17, 15) is 5.11 Å². The second kappa shape index (κ2) is 4.63. The van der Waals surface area contributed by atoms with Gasteiger partial charge in [0.15, 0.2) is 0 Å². The number of aliphatic hydroxyl groups is 1. The third-order valence-electron chi connectivity index (χ3n) is 4.17. The Morgan fingerprint density at radius 3 is 2.44 bits per heavy atom. The van der Waals surface area contributed by atoms with E-state index in [4.69, 9.17) is 4.74 Å². The normalized spacial score (nSPS) is 44.1. The first-order valence-electron chi connectivity index (χ1n) is 6.56. The zero-order valence-electron chi connectivity index (χ0n) is 10.8. The van der Waals surface area contributed by atoms with Gasteiger partial charge in [0.2, 0.25) is 0 Å². The summed E-state index contributed by atoms with van der Waals surface area (Å²) in [5.74, 6) is 1.79. The molecule has 3 nitrogen and oxygen atoms in total. The van der Waals surface area contributed by atoms with Crippen molar-refractivity contribution in [2.24, 2.45) is 17.8 Å². The topological polar surface area (TPSA) is 41.5 Å².